The SMILES string of the molecule is O=C(O)C1(CCN2CCCCC2)CC2C=CC1C2. The average Bonchev–Trinajstić information content (AvgIpc) is 2.98. The van der Waals surface area contributed by atoms with Gasteiger partial charge in [-0.25, -0.2) is 0 Å². The molecule has 0 aromatic heterocycles. The molecule has 0 aromatic carbocycles. The van der Waals surface area contributed by atoms with E-state index in [-0.39, 0.29) is 0 Å². The van der Waals surface area contributed by atoms with Crippen LogP contribution in [0.2, 0.25) is 0 Å². The van der Waals surface area contributed by atoms with Gasteiger partial charge in [-0.2, -0.15) is 0 Å². The molecule has 18 heavy (non-hydrogen) atoms. The number of nitrogens with zero attached hydrogens (tertiary/aromatic N) is 1. The number of rotatable bonds is 4. The summed E-state index contributed by atoms with van der Waals surface area (Å²) in [6.07, 6.45) is 11.1. The van der Waals surface area contributed by atoms with E-state index in [4.69, 9.17) is 0 Å². The Morgan fingerprint density at radius 2 is 2.06 bits per heavy atom. The number of hydrogen-bond donors (Lipinski definition) is 1. The van der Waals surface area contributed by atoms with Crippen LogP contribution in [0.1, 0.15) is 38.5 Å². The summed E-state index contributed by atoms with van der Waals surface area (Å²) in [5.74, 6) is 0.272. The van der Waals surface area contributed by atoms with Gasteiger partial charge >= 0.3 is 5.97 Å². The van der Waals surface area contributed by atoms with Crippen molar-refractivity contribution in [1.29, 1.82) is 0 Å². The molecule has 3 unspecified atom stereocenters. The number of piperidine rings is 1. The molecule has 0 radical (unpaired) electrons. The topological polar surface area (TPSA) is 40.5 Å². The van der Waals surface area contributed by atoms with Crippen molar-refractivity contribution in [3.05, 3.63) is 12.2 Å². The molecule has 1 heterocycles. The predicted octanol–water partition coefficient (Wildman–Crippen LogP) is 2.53. The number of aliphatic carboxylic acids is 1. The van der Waals surface area contributed by atoms with Gasteiger partial charge in [0.05, 0.1) is 5.41 Å². The maximum atomic E-state index is 11.7. The Morgan fingerprint density at radius 3 is 2.61 bits per heavy atom. The van der Waals surface area contributed by atoms with Gasteiger partial charge < -0.3 is 10.0 Å². The number of fused-ring (bicyclic) bond motifs is 2. The van der Waals surface area contributed by atoms with Gasteiger partial charge in [-0.3, -0.25) is 4.79 Å². The maximum Gasteiger partial charge on any atom is 0.310 e. The van der Waals surface area contributed by atoms with Crippen molar-refractivity contribution in [1.82, 2.24) is 4.90 Å². The molecule has 0 amide bonds. The minimum Gasteiger partial charge on any atom is -0.481 e. The Morgan fingerprint density at radius 1 is 1.28 bits per heavy atom. The molecule has 100 valence electrons. The Bertz CT molecular complexity index is 360. The van der Waals surface area contributed by atoms with E-state index in [1.807, 2.05) is 0 Å². The fourth-order valence-corrected chi connectivity index (χ4v) is 4.14. The van der Waals surface area contributed by atoms with Crippen molar-refractivity contribution in [2.24, 2.45) is 17.3 Å². The smallest absolute Gasteiger partial charge is 0.310 e. The first-order valence-electron chi connectivity index (χ1n) is 7.35. The van der Waals surface area contributed by atoms with Crippen LogP contribution >= 0.6 is 0 Å². The van der Waals surface area contributed by atoms with Crippen molar-refractivity contribution in [2.45, 2.75) is 38.5 Å². The first kappa shape index (κ1) is 12.2. The standard InChI is InChI=1S/C15H23NO2/c17-14(18)15(11-12-4-5-13(15)10-12)6-9-16-7-2-1-3-8-16/h4-5,12-13H,1-3,6-11H2,(H,17,18). The highest BCUT2D eigenvalue weighted by Gasteiger charge is 2.53. The van der Waals surface area contributed by atoms with Crippen LogP contribution in [0.4, 0.5) is 0 Å². The largest absolute Gasteiger partial charge is 0.481 e. The van der Waals surface area contributed by atoms with Crippen LogP contribution in [0.25, 0.3) is 0 Å². The number of hydrogen-bond acceptors (Lipinski definition) is 2. The third kappa shape index (κ3) is 1.99. The Balaban J connectivity index is 1.64. The fraction of sp³-hybridized carbons (Fsp3) is 0.800. The monoisotopic (exact) mass is 249 g/mol. The lowest BCUT2D eigenvalue weighted by molar-refractivity contribution is -0.151. The highest BCUT2D eigenvalue weighted by molar-refractivity contribution is 5.76. The Hall–Kier alpha value is -0.830. The molecule has 3 nitrogen and oxygen atoms in total. The van der Waals surface area contributed by atoms with Crippen LogP contribution in [0, 0.1) is 17.3 Å². The zero-order valence-corrected chi connectivity index (χ0v) is 11.0. The zero-order chi connectivity index (χ0) is 12.6. The summed E-state index contributed by atoms with van der Waals surface area (Å²) in [5.41, 5.74) is -0.448. The summed E-state index contributed by atoms with van der Waals surface area (Å²) in [5, 5.41) is 9.66. The van der Waals surface area contributed by atoms with Crippen molar-refractivity contribution < 1.29 is 9.90 Å². The lowest BCUT2D eigenvalue weighted by atomic mass is 9.73. The quantitative estimate of drug-likeness (QED) is 0.778. The molecule has 3 aliphatic rings. The summed E-state index contributed by atoms with van der Waals surface area (Å²) in [4.78, 5) is 14.2. The Kier molecular flexibility index (Phi) is 3.18. The van der Waals surface area contributed by atoms with Crippen LogP contribution < -0.4 is 0 Å². The summed E-state index contributed by atoms with van der Waals surface area (Å²) < 4.78 is 0. The van der Waals surface area contributed by atoms with Gasteiger partial charge in [-0.1, -0.05) is 18.6 Å². The average molecular weight is 249 g/mol. The van der Waals surface area contributed by atoms with E-state index in [1.165, 1.54) is 32.4 Å². The van der Waals surface area contributed by atoms with E-state index in [1.54, 1.807) is 0 Å². The molecule has 0 aromatic rings. The molecular weight excluding hydrogens is 226 g/mol. The molecule has 1 saturated carbocycles. The Labute approximate surface area is 109 Å². The molecule has 2 fully saturated rings. The molecule has 3 heteroatoms. The number of carbonyl (C=O) groups is 1. The molecule has 1 saturated heterocycles. The molecule has 0 spiro atoms. The third-order valence-electron chi connectivity index (χ3n) is 5.26. The lowest BCUT2D eigenvalue weighted by Gasteiger charge is -2.34. The summed E-state index contributed by atoms with van der Waals surface area (Å²) in [6.45, 7) is 3.31. The van der Waals surface area contributed by atoms with Crippen molar-refractivity contribution in [3.8, 4) is 0 Å². The van der Waals surface area contributed by atoms with Gasteiger partial charge in [0.15, 0.2) is 0 Å². The predicted molar refractivity (Wildman–Crippen MR) is 70.3 cm³/mol. The van der Waals surface area contributed by atoms with Gasteiger partial charge in [0.2, 0.25) is 0 Å². The van der Waals surface area contributed by atoms with Crippen molar-refractivity contribution in [2.75, 3.05) is 19.6 Å². The van der Waals surface area contributed by atoms with Crippen LogP contribution in [0.5, 0.6) is 0 Å². The van der Waals surface area contributed by atoms with Gasteiger partial charge in [0, 0.05) is 0 Å². The highest BCUT2D eigenvalue weighted by Crippen LogP contribution is 2.54. The second kappa shape index (κ2) is 4.69. The number of allylic oxidation sites excluding steroid dienone is 2. The van der Waals surface area contributed by atoms with Crippen molar-refractivity contribution >= 4 is 5.97 Å². The normalized spacial score (nSPS) is 39.3. The summed E-state index contributed by atoms with van der Waals surface area (Å²) >= 11 is 0. The summed E-state index contributed by atoms with van der Waals surface area (Å²) in [6, 6.07) is 0. The van der Waals surface area contributed by atoms with Crippen LogP contribution in [-0.4, -0.2) is 35.6 Å². The van der Waals surface area contributed by atoms with E-state index in [2.05, 4.69) is 17.1 Å². The number of carboxylic acids is 1. The third-order valence-corrected chi connectivity index (χ3v) is 5.26. The number of likely N-dealkylation sites (tertiary alicyclic amines) is 1. The minimum atomic E-state index is -0.559. The maximum absolute atomic E-state index is 11.7. The first-order valence-corrected chi connectivity index (χ1v) is 7.35. The molecule has 3 atom stereocenters. The first-order chi connectivity index (χ1) is 8.71. The van der Waals surface area contributed by atoms with E-state index in [0.717, 1.165) is 25.8 Å². The van der Waals surface area contributed by atoms with Gasteiger partial charge in [0.1, 0.15) is 0 Å². The van der Waals surface area contributed by atoms with Gasteiger partial charge in [-0.05, 0) is 63.6 Å². The molecule has 2 aliphatic carbocycles. The van der Waals surface area contributed by atoms with Crippen LogP contribution in [0.3, 0.4) is 0 Å². The molecule has 1 N–H and O–H groups in total. The number of carboxylic acid groups (broad SMARTS) is 1. The van der Waals surface area contributed by atoms with Crippen LogP contribution in [0.15, 0.2) is 12.2 Å². The van der Waals surface area contributed by atoms with Crippen LogP contribution in [-0.2, 0) is 4.79 Å². The fourth-order valence-electron chi connectivity index (χ4n) is 4.14. The molecule has 1 aliphatic heterocycles. The van der Waals surface area contributed by atoms with E-state index in [0.29, 0.717) is 11.8 Å². The minimum absolute atomic E-state index is 0.296. The van der Waals surface area contributed by atoms with Gasteiger partial charge in [-0.15, -0.1) is 0 Å². The van der Waals surface area contributed by atoms with E-state index >= 15 is 0 Å². The molecule has 2 bridgehead atoms. The highest BCUT2D eigenvalue weighted by atomic mass is 16.4. The lowest BCUT2D eigenvalue weighted by Crippen LogP contribution is -2.40. The van der Waals surface area contributed by atoms with Gasteiger partial charge in [0.25, 0.3) is 0 Å². The second-order valence-electron chi connectivity index (χ2n) is 6.30. The second-order valence-corrected chi connectivity index (χ2v) is 6.30. The van der Waals surface area contributed by atoms with Crippen molar-refractivity contribution in [3.63, 3.8) is 0 Å². The van der Waals surface area contributed by atoms with E-state index < -0.39 is 11.4 Å². The summed E-state index contributed by atoms with van der Waals surface area (Å²) in [7, 11) is 0. The van der Waals surface area contributed by atoms with E-state index in [9.17, 15) is 9.90 Å². The molecule has 3 rings (SSSR count). The zero-order valence-electron chi connectivity index (χ0n) is 11.0. The molecular formula is C15H23NO2.